The normalized spacial score (nSPS) is 20.9. The first-order chi connectivity index (χ1) is 8.69. The molecule has 1 amide bonds. The lowest BCUT2D eigenvalue weighted by molar-refractivity contribution is -0.137. The van der Waals surface area contributed by atoms with Crippen LogP contribution < -0.4 is 0 Å². The van der Waals surface area contributed by atoms with Gasteiger partial charge in [-0.15, -0.1) is 0 Å². The Labute approximate surface area is 113 Å². The number of piperidine rings is 1. The maximum Gasteiger partial charge on any atom is 0.226 e. The number of unbranched alkanes of at least 4 members (excludes halogenated alkanes) is 2. The molecule has 0 bridgehead atoms. The van der Waals surface area contributed by atoms with Gasteiger partial charge in [-0.25, -0.2) is 0 Å². The van der Waals surface area contributed by atoms with Gasteiger partial charge in [0.25, 0.3) is 0 Å². The molecule has 0 spiro atoms. The predicted octanol–water partition coefficient (Wildman–Crippen LogP) is 2.76. The Morgan fingerprint density at radius 1 is 1.22 bits per heavy atom. The molecule has 1 fully saturated rings. The molecule has 0 aromatic carbocycles. The zero-order chi connectivity index (χ0) is 13.4. The van der Waals surface area contributed by atoms with Crippen molar-refractivity contribution in [1.29, 1.82) is 0 Å². The molecule has 1 saturated heterocycles. The summed E-state index contributed by atoms with van der Waals surface area (Å²) in [6, 6.07) is 0. The van der Waals surface area contributed by atoms with E-state index in [1.807, 2.05) is 0 Å². The first-order valence-corrected chi connectivity index (χ1v) is 7.66. The van der Waals surface area contributed by atoms with Crippen molar-refractivity contribution in [3.8, 4) is 0 Å². The van der Waals surface area contributed by atoms with Gasteiger partial charge in [0.1, 0.15) is 0 Å². The summed E-state index contributed by atoms with van der Waals surface area (Å²) in [6.07, 6.45) is 6.86. The molecule has 106 valence electrons. The van der Waals surface area contributed by atoms with E-state index in [1.54, 1.807) is 0 Å². The van der Waals surface area contributed by atoms with E-state index in [0.29, 0.717) is 5.91 Å². The number of rotatable bonds is 7. The standard InChI is InChI=1S/C15H30N2O/c1-4-6-11-17(12-7-5-2)15(18)14-9-8-10-16(3)13-14/h14H,4-13H2,1-3H3. The zero-order valence-corrected chi connectivity index (χ0v) is 12.5. The number of hydrogen-bond acceptors (Lipinski definition) is 2. The fraction of sp³-hybridized carbons (Fsp3) is 0.933. The predicted molar refractivity (Wildman–Crippen MR) is 76.6 cm³/mol. The Hall–Kier alpha value is -0.570. The summed E-state index contributed by atoms with van der Waals surface area (Å²) in [4.78, 5) is 17.0. The lowest BCUT2D eigenvalue weighted by atomic mass is 9.96. The summed E-state index contributed by atoms with van der Waals surface area (Å²) in [5.41, 5.74) is 0. The van der Waals surface area contributed by atoms with Crippen molar-refractivity contribution in [2.45, 2.75) is 52.4 Å². The van der Waals surface area contributed by atoms with Gasteiger partial charge < -0.3 is 9.80 Å². The Balaban J connectivity index is 2.50. The Kier molecular flexibility index (Phi) is 7.33. The van der Waals surface area contributed by atoms with Crippen LogP contribution >= 0.6 is 0 Å². The lowest BCUT2D eigenvalue weighted by Crippen LogP contribution is -2.44. The lowest BCUT2D eigenvalue weighted by Gasteiger charge is -2.33. The topological polar surface area (TPSA) is 23.6 Å². The van der Waals surface area contributed by atoms with Crippen LogP contribution in [0, 0.1) is 5.92 Å². The van der Waals surface area contributed by atoms with Crippen LogP contribution in [0.4, 0.5) is 0 Å². The third-order valence-electron chi connectivity index (χ3n) is 3.85. The molecule has 0 aromatic heterocycles. The van der Waals surface area contributed by atoms with E-state index in [2.05, 4.69) is 30.7 Å². The molecule has 1 heterocycles. The smallest absolute Gasteiger partial charge is 0.226 e. The molecule has 1 atom stereocenters. The zero-order valence-electron chi connectivity index (χ0n) is 12.5. The van der Waals surface area contributed by atoms with Crippen LogP contribution in [-0.2, 0) is 4.79 Å². The van der Waals surface area contributed by atoms with Crippen molar-refractivity contribution in [1.82, 2.24) is 9.80 Å². The number of carbonyl (C=O) groups is 1. The number of likely N-dealkylation sites (tertiary alicyclic amines) is 1. The van der Waals surface area contributed by atoms with Gasteiger partial charge >= 0.3 is 0 Å². The third kappa shape index (κ3) is 4.97. The van der Waals surface area contributed by atoms with Gasteiger partial charge in [-0.2, -0.15) is 0 Å². The highest BCUT2D eigenvalue weighted by atomic mass is 16.2. The Morgan fingerprint density at radius 2 is 1.83 bits per heavy atom. The first-order valence-electron chi connectivity index (χ1n) is 7.66. The van der Waals surface area contributed by atoms with Gasteiger partial charge in [-0.3, -0.25) is 4.79 Å². The molecular formula is C15H30N2O. The fourth-order valence-corrected chi connectivity index (χ4v) is 2.66. The largest absolute Gasteiger partial charge is 0.342 e. The van der Waals surface area contributed by atoms with Crippen LogP contribution in [0.15, 0.2) is 0 Å². The highest BCUT2D eigenvalue weighted by Crippen LogP contribution is 2.18. The minimum atomic E-state index is 0.248. The first kappa shape index (κ1) is 15.5. The summed E-state index contributed by atoms with van der Waals surface area (Å²) >= 11 is 0. The quantitative estimate of drug-likeness (QED) is 0.697. The minimum absolute atomic E-state index is 0.248. The van der Waals surface area contributed by atoms with E-state index >= 15 is 0 Å². The van der Waals surface area contributed by atoms with Crippen molar-refractivity contribution in [3.63, 3.8) is 0 Å². The summed E-state index contributed by atoms with van der Waals surface area (Å²) in [5.74, 6) is 0.654. The van der Waals surface area contributed by atoms with Gasteiger partial charge in [0.05, 0.1) is 5.92 Å². The van der Waals surface area contributed by atoms with Gasteiger partial charge in [0, 0.05) is 19.6 Å². The number of hydrogen-bond donors (Lipinski definition) is 0. The van der Waals surface area contributed by atoms with Gasteiger partial charge in [0.15, 0.2) is 0 Å². The fourth-order valence-electron chi connectivity index (χ4n) is 2.66. The molecule has 18 heavy (non-hydrogen) atoms. The SMILES string of the molecule is CCCCN(CCCC)C(=O)C1CCCN(C)C1. The van der Waals surface area contributed by atoms with E-state index in [9.17, 15) is 4.79 Å². The molecule has 0 aliphatic carbocycles. The molecule has 0 N–H and O–H groups in total. The Morgan fingerprint density at radius 3 is 2.33 bits per heavy atom. The van der Waals surface area contributed by atoms with Gasteiger partial charge in [-0.1, -0.05) is 26.7 Å². The minimum Gasteiger partial charge on any atom is -0.342 e. The monoisotopic (exact) mass is 254 g/mol. The van der Waals surface area contributed by atoms with E-state index in [-0.39, 0.29) is 5.92 Å². The summed E-state index contributed by atoms with van der Waals surface area (Å²) in [7, 11) is 2.13. The van der Waals surface area contributed by atoms with Crippen LogP contribution in [0.25, 0.3) is 0 Å². The highest BCUT2D eigenvalue weighted by Gasteiger charge is 2.27. The third-order valence-corrected chi connectivity index (χ3v) is 3.85. The molecular weight excluding hydrogens is 224 g/mol. The number of nitrogens with zero attached hydrogens (tertiary/aromatic N) is 2. The van der Waals surface area contributed by atoms with Gasteiger partial charge in [-0.05, 0) is 39.3 Å². The van der Waals surface area contributed by atoms with Crippen LogP contribution in [0.3, 0.4) is 0 Å². The molecule has 3 heteroatoms. The van der Waals surface area contributed by atoms with Crippen LogP contribution in [0.5, 0.6) is 0 Å². The van der Waals surface area contributed by atoms with E-state index < -0.39 is 0 Å². The second-order valence-electron chi connectivity index (χ2n) is 5.63. The molecule has 3 nitrogen and oxygen atoms in total. The van der Waals surface area contributed by atoms with Gasteiger partial charge in [0.2, 0.25) is 5.91 Å². The average molecular weight is 254 g/mol. The molecule has 0 saturated carbocycles. The van der Waals surface area contributed by atoms with E-state index in [4.69, 9.17) is 0 Å². The van der Waals surface area contributed by atoms with Crippen LogP contribution in [0.2, 0.25) is 0 Å². The molecule has 0 radical (unpaired) electrons. The maximum absolute atomic E-state index is 12.6. The maximum atomic E-state index is 12.6. The van der Waals surface area contributed by atoms with Crippen molar-refractivity contribution < 1.29 is 4.79 Å². The van der Waals surface area contributed by atoms with Crippen molar-refractivity contribution in [3.05, 3.63) is 0 Å². The molecule has 1 unspecified atom stereocenters. The molecule has 1 aliphatic rings. The highest BCUT2D eigenvalue weighted by molar-refractivity contribution is 5.79. The molecule has 1 rings (SSSR count). The molecule has 1 aliphatic heterocycles. The van der Waals surface area contributed by atoms with Crippen molar-refractivity contribution in [2.24, 2.45) is 5.92 Å². The average Bonchev–Trinajstić information content (AvgIpc) is 2.38. The van der Waals surface area contributed by atoms with Crippen molar-refractivity contribution >= 4 is 5.91 Å². The second-order valence-corrected chi connectivity index (χ2v) is 5.63. The number of amides is 1. The Bertz CT molecular complexity index is 235. The number of carbonyl (C=O) groups excluding carboxylic acids is 1. The van der Waals surface area contributed by atoms with Crippen molar-refractivity contribution in [2.75, 3.05) is 33.2 Å². The van der Waals surface area contributed by atoms with E-state index in [0.717, 1.165) is 45.4 Å². The van der Waals surface area contributed by atoms with E-state index in [1.165, 1.54) is 19.3 Å². The second kappa shape index (κ2) is 8.52. The molecule has 0 aromatic rings. The summed E-state index contributed by atoms with van der Waals surface area (Å²) in [6.45, 7) is 8.39. The summed E-state index contributed by atoms with van der Waals surface area (Å²) < 4.78 is 0. The van der Waals surface area contributed by atoms with Crippen LogP contribution in [-0.4, -0.2) is 48.9 Å². The summed E-state index contributed by atoms with van der Waals surface area (Å²) in [5, 5.41) is 0. The van der Waals surface area contributed by atoms with Crippen LogP contribution in [0.1, 0.15) is 52.4 Å².